The average molecular weight is 411 g/mol. The Morgan fingerprint density at radius 3 is 2.73 bits per heavy atom. The number of halogens is 3. The van der Waals surface area contributed by atoms with Crippen molar-refractivity contribution in [1.82, 2.24) is 9.55 Å². The van der Waals surface area contributed by atoms with Crippen molar-refractivity contribution < 1.29 is 5.11 Å². The summed E-state index contributed by atoms with van der Waals surface area (Å²) in [5.41, 5.74) is 4.34. The van der Waals surface area contributed by atoms with Gasteiger partial charge in [-0.1, -0.05) is 47.8 Å². The Hall–Kier alpha value is -1.46. The van der Waals surface area contributed by atoms with Gasteiger partial charge in [0.25, 0.3) is 0 Å². The molecule has 3 aromatic rings. The van der Waals surface area contributed by atoms with E-state index in [-0.39, 0.29) is 6.04 Å². The fourth-order valence-electron chi connectivity index (χ4n) is 3.75. The van der Waals surface area contributed by atoms with Crippen molar-refractivity contribution >= 4 is 51.8 Å². The molecule has 0 saturated carbocycles. The largest absolute Gasteiger partial charge is 0.388 e. The molecule has 2 unspecified atom stereocenters. The first-order valence-electron chi connectivity index (χ1n) is 8.50. The smallest absolute Gasteiger partial charge is 0.204 e. The van der Waals surface area contributed by atoms with Gasteiger partial charge in [-0.2, -0.15) is 0 Å². The summed E-state index contributed by atoms with van der Waals surface area (Å²) in [6.07, 6.45) is 0.0300. The predicted molar refractivity (Wildman–Crippen MR) is 108 cm³/mol. The van der Waals surface area contributed by atoms with Gasteiger partial charge in [0.05, 0.1) is 28.2 Å². The first kappa shape index (κ1) is 17.9. The molecule has 136 valence electrons. The van der Waals surface area contributed by atoms with E-state index < -0.39 is 6.10 Å². The monoisotopic (exact) mass is 409 g/mol. The molecule has 0 radical (unpaired) electrons. The van der Waals surface area contributed by atoms with Crippen LogP contribution < -0.4 is 5.32 Å². The number of nitrogens with zero attached hydrogens (tertiary/aromatic N) is 2. The number of rotatable bonds is 3. The van der Waals surface area contributed by atoms with Crippen molar-refractivity contribution in [2.45, 2.75) is 32.4 Å². The van der Waals surface area contributed by atoms with E-state index in [9.17, 15) is 5.11 Å². The number of aryl methyl sites for hydroxylation is 1. The summed E-state index contributed by atoms with van der Waals surface area (Å²) >= 11 is 19.2. The van der Waals surface area contributed by atoms with Crippen LogP contribution in [0.2, 0.25) is 15.1 Å². The van der Waals surface area contributed by atoms with Crippen LogP contribution >= 0.6 is 34.8 Å². The third kappa shape index (κ3) is 2.67. The Morgan fingerprint density at radius 1 is 1.27 bits per heavy atom. The molecule has 1 aromatic heterocycles. The van der Waals surface area contributed by atoms with E-state index in [0.29, 0.717) is 28.0 Å². The van der Waals surface area contributed by atoms with Crippen LogP contribution in [0.4, 0.5) is 5.95 Å². The number of imidazole rings is 1. The summed E-state index contributed by atoms with van der Waals surface area (Å²) < 4.78 is 2.08. The lowest BCUT2D eigenvalue weighted by molar-refractivity contribution is 0.175. The molecule has 1 aliphatic heterocycles. The maximum absolute atomic E-state index is 10.4. The third-order valence-electron chi connectivity index (χ3n) is 4.97. The second kappa shape index (κ2) is 6.61. The number of aromatic nitrogens is 2. The van der Waals surface area contributed by atoms with Gasteiger partial charge in [-0.3, -0.25) is 4.57 Å². The summed E-state index contributed by atoms with van der Waals surface area (Å²) in [6.45, 7) is 4.60. The number of hydrogen-bond acceptors (Lipinski definition) is 3. The van der Waals surface area contributed by atoms with Crippen molar-refractivity contribution in [2.75, 3.05) is 11.9 Å². The van der Waals surface area contributed by atoms with E-state index >= 15 is 0 Å². The highest BCUT2D eigenvalue weighted by Crippen LogP contribution is 2.42. The van der Waals surface area contributed by atoms with Crippen LogP contribution in [0.1, 0.15) is 42.2 Å². The number of benzene rings is 2. The molecule has 2 aromatic carbocycles. The third-order valence-corrected chi connectivity index (χ3v) is 5.80. The second-order valence-electron chi connectivity index (χ2n) is 6.58. The lowest BCUT2D eigenvalue weighted by Crippen LogP contribution is -2.12. The van der Waals surface area contributed by atoms with E-state index in [1.54, 1.807) is 6.07 Å². The van der Waals surface area contributed by atoms with Crippen LogP contribution in [0.25, 0.3) is 11.0 Å². The molecule has 26 heavy (non-hydrogen) atoms. The number of anilines is 1. The minimum atomic E-state index is -0.579. The van der Waals surface area contributed by atoms with Gasteiger partial charge in [-0.15, -0.1) is 0 Å². The minimum Gasteiger partial charge on any atom is -0.388 e. The van der Waals surface area contributed by atoms with Crippen LogP contribution in [0.15, 0.2) is 24.3 Å². The number of aliphatic hydroxyl groups excluding tert-OH is 1. The molecule has 0 saturated heterocycles. The van der Waals surface area contributed by atoms with Gasteiger partial charge in [0, 0.05) is 22.2 Å². The summed E-state index contributed by atoms with van der Waals surface area (Å²) in [7, 11) is 0. The Balaban J connectivity index is 1.96. The van der Waals surface area contributed by atoms with Crippen LogP contribution in [-0.4, -0.2) is 21.2 Å². The molecule has 2 N–H and O–H groups in total. The molecule has 0 bridgehead atoms. The van der Waals surface area contributed by atoms with E-state index in [1.807, 2.05) is 32.0 Å². The highest BCUT2D eigenvalue weighted by atomic mass is 35.5. The van der Waals surface area contributed by atoms with Crippen molar-refractivity contribution in [1.29, 1.82) is 0 Å². The van der Waals surface area contributed by atoms with E-state index in [4.69, 9.17) is 39.8 Å². The number of fused-ring (bicyclic) bond motifs is 3. The minimum absolute atomic E-state index is 0.0497. The molecule has 0 aliphatic carbocycles. The van der Waals surface area contributed by atoms with Crippen LogP contribution in [0.3, 0.4) is 0 Å². The maximum Gasteiger partial charge on any atom is 0.204 e. The maximum atomic E-state index is 10.4. The highest BCUT2D eigenvalue weighted by Gasteiger charge is 2.31. The van der Waals surface area contributed by atoms with Gasteiger partial charge in [0.2, 0.25) is 5.95 Å². The summed E-state index contributed by atoms with van der Waals surface area (Å²) in [4.78, 5) is 4.71. The first-order valence-corrected chi connectivity index (χ1v) is 9.63. The lowest BCUT2D eigenvalue weighted by Gasteiger charge is -2.19. The Labute approximate surface area is 166 Å². The molecular formula is C19H18Cl3N3O. The van der Waals surface area contributed by atoms with Crippen LogP contribution in [0.5, 0.6) is 0 Å². The second-order valence-corrected chi connectivity index (χ2v) is 7.83. The molecule has 1 aliphatic rings. The SMILES string of the molecule is CCC(O)c1ccc(Cl)c2c1nc1n2C(c2c(C)cc(Cl)cc2Cl)CN1. The molecule has 2 heterocycles. The van der Waals surface area contributed by atoms with Crippen LogP contribution in [-0.2, 0) is 0 Å². The zero-order valence-electron chi connectivity index (χ0n) is 14.4. The standard InChI is InChI=1S/C19H18Cl3N3O/c1-3-15(26)11-4-5-12(21)18-17(11)24-19-23-8-14(25(18)19)16-9(2)6-10(20)7-13(16)22/h4-7,14-15,26H,3,8H2,1-2H3,(H,23,24). The normalized spacial score (nSPS) is 17.4. The zero-order valence-corrected chi connectivity index (χ0v) is 16.6. The van der Waals surface area contributed by atoms with Crippen LogP contribution in [0, 0.1) is 6.92 Å². The number of nitrogens with one attached hydrogen (secondary N) is 1. The van der Waals surface area contributed by atoms with Crippen molar-refractivity contribution in [3.63, 3.8) is 0 Å². The quantitative estimate of drug-likeness (QED) is 0.577. The lowest BCUT2D eigenvalue weighted by atomic mass is 10.0. The fourth-order valence-corrected chi connectivity index (χ4v) is 4.71. The van der Waals surface area contributed by atoms with Crippen molar-refractivity contribution in [2.24, 2.45) is 0 Å². The molecule has 2 atom stereocenters. The number of hydrogen-bond donors (Lipinski definition) is 2. The summed E-state index contributed by atoms with van der Waals surface area (Å²) in [5.74, 6) is 0.730. The highest BCUT2D eigenvalue weighted by molar-refractivity contribution is 6.36. The van der Waals surface area contributed by atoms with Gasteiger partial charge >= 0.3 is 0 Å². The summed E-state index contributed by atoms with van der Waals surface area (Å²) in [5, 5.41) is 15.5. The molecule has 0 spiro atoms. The molecule has 0 amide bonds. The first-order chi connectivity index (χ1) is 12.4. The van der Waals surface area contributed by atoms with Gasteiger partial charge in [-0.25, -0.2) is 4.98 Å². The fraction of sp³-hybridized carbons (Fsp3) is 0.316. The van der Waals surface area contributed by atoms with E-state index in [2.05, 4.69) is 9.88 Å². The zero-order chi connectivity index (χ0) is 18.6. The Morgan fingerprint density at radius 2 is 2.04 bits per heavy atom. The van der Waals surface area contributed by atoms with Crippen molar-refractivity contribution in [3.8, 4) is 0 Å². The van der Waals surface area contributed by atoms with Gasteiger partial charge in [0.15, 0.2) is 0 Å². The molecule has 4 rings (SSSR count). The Kier molecular flexibility index (Phi) is 4.56. The summed E-state index contributed by atoms with van der Waals surface area (Å²) in [6, 6.07) is 7.28. The van der Waals surface area contributed by atoms with Gasteiger partial charge < -0.3 is 10.4 Å². The van der Waals surface area contributed by atoms with Crippen molar-refractivity contribution in [3.05, 3.63) is 56.0 Å². The van der Waals surface area contributed by atoms with Gasteiger partial charge in [0.1, 0.15) is 0 Å². The molecular weight excluding hydrogens is 393 g/mol. The van der Waals surface area contributed by atoms with Gasteiger partial charge in [-0.05, 0) is 42.7 Å². The number of aliphatic hydroxyl groups is 1. The van der Waals surface area contributed by atoms with E-state index in [1.165, 1.54) is 0 Å². The molecule has 4 nitrogen and oxygen atoms in total. The Bertz CT molecular complexity index is 992. The topological polar surface area (TPSA) is 50.1 Å². The molecule has 0 fully saturated rings. The van der Waals surface area contributed by atoms with E-state index in [0.717, 1.165) is 33.7 Å². The molecule has 7 heteroatoms. The predicted octanol–water partition coefficient (Wildman–Crippen LogP) is 5.76. The average Bonchev–Trinajstić information content (AvgIpc) is 3.14.